The van der Waals surface area contributed by atoms with Gasteiger partial charge >= 0.3 is 0 Å². The Balaban J connectivity index is 1.67. The summed E-state index contributed by atoms with van der Waals surface area (Å²) in [6.07, 6.45) is 0.328. The summed E-state index contributed by atoms with van der Waals surface area (Å²) in [7, 11) is 0. The lowest BCUT2D eigenvalue weighted by atomic mass is 10.0. The second kappa shape index (κ2) is 8.47. The third kappa shape index (κ3) is 4.09. The van der Waals surface area contributed by atoms with Crippen LogP contribution >= 0.6 is 0 Å². The summed E-state index contributed by atoms with van der Waals surface area (Å²) >= 11 is 0. The van der Waals surface area contributed by atoms with E-state index in [2.05, 4.69) is 5.32 Å². The molecule has 6 heteroatoms. The summed E-state index contributed by atoms with van der Waals surface area (Å²) in [5, 5.41) is 12.4. The first kappa shape index (κ1) is 19.8. The van der Waals surface area contributed by atoms with Gasteiger partial charge in [0, 0.05) is 29.5 Å². The number of nitrogens with one attached hydrogen (secondary N) is 1. The number of aliphatic hydroxyl groups excluding tert-OH is 1. The van der Waals surface area contributed by atoms with Crippen LogP contribution in [-0.2, 0) is 6.42 Å². The highest BCUT2D eigenvalue weighted by Gasteiger charge is 2.13. The van der Waals surface area contributed by atoms with E-state index in [1.807, 2.05) is 30.3 Å². The Morgan fingerprint density at radius 3 is 2.60 bits per heavy atom. The van der Waals surface area contributed by atoms with E-state index in [1.54, 1.807) is 18.2 Å². The van der Waals surface area contributed by atoms with Crippen LogP contribution in [0.25, 0.3) is 22.1 Å². The van der Waals surface area contributed by atoms with E-state index >= 15 is 0 Å². The highest BCUT2D eigenvalue weighted by Crippen LogP contribution is 2.32. The van der Waals surface area contributed by atoms with E-state index in [0.717, 1.165) is 28.6 Å². The molecule has 1 heterocycles. The van der Waals surface area contributed by atoms with Gasteiger partial charge in [-0.1, -0.05) is 36.4 Å². The SMILES string of the molecule is O=C(NCCO)c1cccc(-c2cccc3cc(Cc4ccc(F)c(F)c4)oc23)c1. The number of halogens is 2. The normalized spacial score (nSPS) is 11.0. The molecule has 1 aromatic heterocycles. The molecule has 1 amide bonds. The van der Waals surface area contributed by atoms with Crippen molar-refractivity contribution in [3.8, 4) is 11.1 Å². The molecule has 3 aromatic carbocycles. The van der Waals surface area contributed by atoms with Crippen molar-refractivity contribution in [3.05, 3.63) is 95.3 Å². The number of hydrogen-bond acceptors (Lipinski definition) is 3. The number of hydrogen-bond donors (Lipinski definition) is 2. The maximum atomic E-state index is 13.5. The summed E-state index contributed by atoms with van der Waals surface area (Å²) in [5.41, 5.74) is 3.37. The molecule has 0 aliphatic heterocycles. The van der Waals surface area contributed by atoms with Crippen molar-refractivity contribution in [2.45, 2.75) is 6.42 Å². The van der Waals surface area contributed by atoms with Crippen LogP contribution in [-0.4, -0.2) is 24.2 Å². The van der Waals surface area contributed by atoms with Gasteiger partial charge < -0.3 is 14.8 Å². The Bertz CT molecular complexity index is 1220. The minimum atomic E-state index is -0.888. The molecule has 4 nitrogen and oxygen atoms in total. The molecule has 4 aromatic rings. The number of aliphatic hydroxyl groups is 1. The molecule has 0 bridgehead atoms. The lowest BCUT2D eigenvalue weighted by Crippen LogP contribution is -2.26. The third-order valence-corrected chi connectivity index (χ3v) is 4.79. The van der Waals surface area contributed by atoms with Crippen LogP contribution in [0.4, 0.5) is 8.78 Å². The maximum Gasteiger partial charge on any atom is 0.251 e. The van der Waals surface area contributed by atoms with Gasteiger partial charge in [0.2, 0.25) is 0 Å². The van der Waals surface area contributed by atoms with Gasteiger partial charge in [0.1, 0.15) is 11.3 Å². The monoisotopic (exact) mass is 407 g/mol. The van der Waals surface area contributed by atoms with Crippen LogP contribution in [0.3, 0.4) is 0 Å². The minimum Gasteiger partial charge on any atom is -0.460 e. The lowest BCUT2D eigenvalue weighted by molar-refractivity contribution is 0.0945. The molecule has 0 saturated carbocycles. The van der Waals surface area contributed by atoms with Gasteiger partial charge in [0.25, 0.3) is 5.91 Å². The molecule has 0 radical (unpaired) electrons. The summed E-state index contributed by atoms with van der Waals surface area (Å²) < 4.78 is 32.7. The molecular weight excluding hydrogens is 388 g/mol. The fraction of sp³-hybridized carbons (Fsp3) is 0.125. The van der Waals surface area contributed by atoms with E-state index in [0.29, 0.717) is 28.9 Å². The number of amides is 1. The second-order valence-electron chi connectivity index (χ2n) is 6.92. The van der Waals surface area contributed by atoms with E-state index < -0.39 is 11.6 Å². The predicted molar refractivity (Wildman–Crippen MR) is 110 cm³/mol. The van der Waals surface area contributed by atoms with Crippen LogP contribution in [0.15, 0.2) is 71.1 Å². The first-order valence-electron chi connectivity index (χ1n) is 9.50. The van der Waals surface area contributed by atoms with Crippen molar-refractivity contribution in [2.75, 3.05) is 13.2 Å². The van der Waals surface area contributed by atoms with E-state index in [-0.39, 0.29) is 19.1 Å². The molecule has 152 valence electrons. The molecule has 0 spiro atoms. The lowest BCUT2D eigenvalue weighted by Gasteiger charge is -2.07. The second-order valence-corrected chi connectivity index (χ2v) is 6.92. The summed E-state index contributed by atoms with van der Waals surface area (Å²) in [6, 6.07) is 18.5. The smallest absolute Gasteiger partial charge is 0.251 e. The standard InChI is InChI=1S/C24H19F2NO3/c25-21-8-7-15(12-22(21)26)11-19-14-17-4-2-6-20(23(17)30-19)16-3-1-5-18(13-16)24(29)27-9-10-28/h1-8,12-14,28H,9-11H2,(H,27,29). The van der Waals surface area contributed by atoms with Crippen molar-refractivity contribution < 1.29 is 23.1 Å². The first-order chi connectivity index (χ1) is 14.5. The molecule has 30 heavy (non-hydrogen) atoms. The zero-order chi connectivity index (χ0) is 21.1. The molecular formula is C24H19F2NO3. The zero-order valence-corrected chi connectivity index (χ0v) is 16.0. The summed E-state index contributed by atoms with van der Waals surface area (Å²) in [6.45, 7) is 0.0576. The number of carbonyl (C=O) groups is 1. The van der Waals surface area contributed by atoms with Gasteiger partial charge in [0.05, 0.1) is 6.61 Å². The maximum absolute atomic E-state index is 13.5. The molecule has 2 N–H and O–H groups in total. The number of para-hydroxylation sites is 1. The zero-order valence-electron chi connectivity index (χ0n) is 16.0. The van der Waals surface area contributed by atoms with Gasteiger partial charge in [-0.3, -0.25) is 4.79 Å². The van der Waals surface area contributed by atoms with Crippen molar-refractivity contribution in [3.63, 3.8) is 0 Å². The Morgan fingerprint density at radius 1 is 0.967 bits per heavy atom. The Hall–Kier alpha value is -3.51. The summed E-state index contributed by atoms with van der Waals surface area (Å²) in [5.74, 6) is -1.41. The highest BCUT2D eigenvalue weighted by atomic mass is 19.2. The number of rotatable bonds is 6. The molecule has 0 atom stereocenters. The number of benzene rings is 3. The van der Waals surface area contributed by atoms with Crippen molar-refractivity contribution in [1.29, 1.82) is 0 Å². The minimum absolute atomic E-state index is 0.127. The average Bonchev–Trinajstić information content (AvgIpc) is 3.17. The van der Waals surface area contributed by atoms with Crippen LogP contribution < -0.4 is 5.32 Å². The van der Waals surface area contributed by atoms with Crippen LogP contribution in [0, 0.1) is 11.6 Å². The fourth-order valence-corrected chi connectivity index (χ4v) is 3.38. The van der Waals surface area contributed by atoms with Gasteiger partial charge in [-0.15, -0.1) is 0 Å². The third-order valence-electron chi connectivity index (χ3n) is 4.79. The average molecular weight is 407 g/mol. The van der Waals surface area contributed by atoms with Crippen molar-refractivity contribution >= 4 is 16.9 Å². The molecule has 0 saturated heterocycles. The largest absolute Gasteiger partial charge is 0.460 e. The molecule has 4 rings (SSSR count). The highest BCUT2D eigenvalue weighted by molar-refractivity contribution is 5.98. The van der Waals surface area contributed by atoms with E-state index in [9.17, 15) is 13.6 Å². The van der Waals surface area contributed by atoms with E-state index in [4.69, 9.17) is 9.52 Å². The first-order valence-corrected chi connectivity index (χ1v) is 9.50. The molecule has 0 aliphatic rings. The molecule has 0 fully saturated rings. The van der Waals surface area contributed by atoms with Gasteiger partial charge in [0.15, 0.2) is 11.6 Å². The van der Waals surface area contributed by atoms with Gasteiger partial charge in [-0.2, -0.15) is 0 Å². The van der Waals surface area contributed by atoms with Crippen LogP contribution in [0.5, 0.6) is 0 Å². The molecule has 0 unspecified atom stereocenters. The molecule has 0 aliphatic carbocycles. The van der Waals surface area contributed by atoms with Crippen LogP contribution in [0.1, 0.15) is 21.7 Å². The number of fused-ring (bicyclic) bond motifs is 1. The van der Waals surface area contributed by atoms with Crippen LogP contribution in [0.2, 0.25) is 0 Å². The topological polar surface area (TPSA) is 62.5 Å². The number of carbonyl (C=O) groups excluding carboxylic acids is 1. The Morgan fingerprint density at radius 2 is 1.80 bits per heavy atom. The fourth-order valence-electron chi connectivity index (χ4n) is 3.38. The Kier molecular flexibility index (Phi) is 5.59. The van der Waals surface area contributed by atoms with Crippen molar-refractivity contribution in [1.82, 2.24) is 5.32 Å². The summed E-state index contributed by atoms with van der Waals surface area (Å²) in [4.78, 5) is 12.2. The van der Waals surface area contributed by atoms with Gasteiger partial charge in [-0.05, 0) is 41.5 Å². The van der Waals surface area contributed by atoms with E-state index in [1.165, 1.54) is 6.07 Å². The predicted octanol–water partition coefficient (Wildman–Crippen LogP) is 4.69. The number of furan rings is 1. The quantitative estimate of drug-likeness (QED) is 0.487. The van der Waals surface area contributed by atoms with Gasteiger partial charge in [-0.25, -0.2) is 8.78 Å². The Labute approximate surface area is 171 Å². The van der Waals surface area contributed by atoms with Crippen molar-refractivity contribution in [2.24, 2.45) is 0 Å².